The molecule has 2 fully saturated rings. The molecule has 3 atom stereocenters. The number of hydrogen-bond donors (Lipinski definition) is 2. The molecule has 1 aromatic carbocycles. The topological polar surface area (TPSA) is 76.7 Å². The fraction of sp³-hybridized carbons (Fsp3) is 0.429. The number of rotatable bonds is 0. The van der Waals surface area contributed by atoms with E-state index in [9.17, 15) is 9.59 Å². The molecule has 1 spiro atoms. The molecule has 0 saturated carbocycles. The first-order valence-corrected chi connectivity index (χ1v) is 7.62. The predicted octanol–water partition coefficient (Wildman–Crippen LogP) is 1.42. The molecular weight excluding hydrogens is 340 g/mol. The van der Waals surface area contributed by atoms with Crippen molar-refractivity contribution in [3.05, 3.63) is 28.2 Å². The Bertz CT molecular complexity index is 650. The van der Waals surface area contributed by atoms with Crippen LogP contribution < -0.4 is 15.4 Å². The summed E-state index contributed by atoms with van der Waals surface area (Å²) in [6.45, 7) is 0.554. The van der Waals surface area contributed by atoms with Gasteiger partial charge in [0.15, 0.2) is 5.54 Å². The number of amides is 3. The standard InChI is InChI=1S/C14H13BrN2O4/c15-7-3-4-9-8(6-7)14(12(18)16-13(19)17-14)11-10(21-9)2-1-5-20-11/h3-4,6,10-11H,1-2,5H2,(H2,16,17,18,19)/t10-,11-,14+/m0/s1. The lowest BCUT2D eigenvalue weighted by molar-refractivity contribution is -0.148. The van der Waals surface area contributed by atoms with E-state index in [1.807, 2.05) is 12.1 Å². The van der Waals surface area contributed by atoms with Gasteiger partial charge in [-0.05, 0) is 31.0 Å². The first-order valence-electron chi connectivity index (χ1n) is 6.83. The Hall–Kier alpha value is -1.60. The zero-order valence-electron chi connectivity index (χ0n) is 11.0. The van der Waals surface area contributed by atoms with Gasteiger partial charge in [0.25, 0.3) is 5.91 Å². The molecule has 6 nitrogen and oxygen atoms in total. The Balaban J connectivity index is 1.94. The third-order valence-electron chi connectivity index (χ3n) is 4.24. The highest BCUT2D eigenvalue weighted by atomic mass is 79.9. The zero-order chi connectivity index (χ0) is 14.6. The van der Waals surface area contributed by atoms with Crippen molar-refractivity contribution in [2.75, 3.05) is 6.61 Å². The number of ether oxygens (including phenoxy) is 2. The molecule has 3 heterocycles. The first-order chi connectivity index (χ1) is 10.1. The van der Waals surface area contributed by atoms with Crippen LogP contribution in [0, 0.1) is 0 Å². The molecule has 0 aliphatic carbocycles. The summed E-state index contributed by atoms with van der Waals surface area (Å²) in [5, 5.41) is 5.11. The van der Waals surface area contributed by atoms with Crippen molar-refractivity contribution >= 4 is 27.9 Å². The molecular formula is C14H13BrN2O4. The number of hydrogen-bond acceptors (Lipinski definition) is 4. The summed E-state index contributed by atoms with van der Waals surface area (Å²) >= 11 is 3.40. The van der Waals surface area contributed by atoms with Crippen molar-refractivity contribution in [1.82, 2.24) is 10.6 Å². The average molecular weight is 353 g/mol. The lowest BCUT2D eigenvalue weighted by Crippen LogP contribution is -2.63. The Labute approximate surface area is 129 Å². The second kappa shape index (κ2) is 4.45. The van der Waals surface area contributed by atoms with Crippen LogP contribution in [0.2, 0.25) is 0 Å². The quantitative estimate of drug-likeness (QED) is 0.692. The fourth-order valence-electron chi connectivity index (χ4n) is 3.37. The summed E-state index contributed by atoms with van der Waals surface area (Å²) in [6, 6.07) is 4.96. The van der Waals surface area contributed by atoms with Gasteiger partial charge in [-0.25, -0.2) is 4.79 Å². The van der Waals surface area contributed by atoms with Crippen LogP contribution in [0.15, 0.2) is 22.7 Å². The minimum atomic E-state index is -1.21. The van der Waals surface area contributed by atoms with Gasteiger partial charge in [0.1, 0.15) is 18.0 Å². The van der Waals surface area contributed by atoms with Crippen LogP contribution in [-0.4, -0.2) is 30.8 Å². The predicted molar refractivity (Wildman–Crippen MR) is 75.9 cm³/mol. The summed E-state index contributed by atoms with van der Waals surface area (Å²) in [7, 11) is 0. The number of urea groups is 1. The van der Waals surface area contributed by atoms with E-state index >= 15 is 0 Å². The van der Waals surface area contributed by atoms with E-state index in [0.29, 0.717) is 17.9 Å². The molecule has 0 radical (unpaired) electrons. The number of carbonyl (C=O) groups is 2. The summed E-state index contributed by atoms with van der Waals surface area (Å²) in [6.07, 6.45) is 0.917. The Morgan fingerprint density at radius 3 is 2.95 bits per heavy atom. The molecule has 4 rings (SSSR count). The highest BCUT2D eigenvalue weighted by Gasteiger charge is 2.61. The van der Waals surface area contributed by atoms with Crippen LogP contribution in [-0.2, 0) is 15.1 Å². The van der Waals surface area contributed by atoms with Crippen LogP contribution in [0.1, 0.15) is 18.4 Å². The van der Waals surface area contributed by atoms with E-state index in [4.69, 9.17) is 9.47 Å². The third-order valence-corrected chi connectivity index (χ3v) is 4.73. The van der Waals surface area contributed by atoms with Crippen molar-refractivity contribution in [1.29, 1.82) is 0 Å². The second-order valence-electron chi connectivity index (χ2n) is 5.45. The number of halogens is 1. The molecule has 1 aromatic rings. The fourth-order valence-corrected chi connectivity index (χ4v) is 3.73. The van der Waals surface area contributed by atoms with Gasteiger partial charge in [0.2, 0.25) is 0 Å². The molecule has 21 heavy (non-hydrogen) atoms. The maximum Gasteiger partial charge on any atom is 0.322 e. The highest BCUT2D eigenvalue weighted by molar-refractivity contribution is 9.10. The third kappa shape index (κ3) is 1.74. The van der Waals surface area contributed by atoms with Gasteiger partial charge >= 0.3 is 6.03 Å². The van der Waals surface area contributed by atoms with Crippen molar-refractivity contribution < 1.29 is 19.1 Å². The Morgan fingerprint density at radius 2 is 2.19 bits per heavy atom. The van der Waals surface area contributed by atoms with E-state index in [1.54, 1.807) is 6.07 Å². The maximum atomic E-state index is 12.5. The van der Waals surface area contributed by atoms with Crippen molar-refractivity contribution in [3.63, 3.8) is 0 Å². The minimum Gasteiger partial charge on any atom is -0.487 e. The molecule has 7 heteroatoms. The van der Waals surface area contributed by atoms with Crippen molar-refractivity contribution in [2.45, 2.75) is 30.6 Å². The van der Waals surface area contributed by atoms with Gasteiger partial charge < -0.3 is 14.8 Å². The Kier molecular flexibility index (Phi) is 2.77. The van der Waals surface area contributed by atoms with Crippen LogP contribution in [0.4, 0.5) is 4.79 Å². The summed E-state index contributed by atoms with van der Waals surface area (Å²) < 4.78 is 12.6. The van der Waals surface area contributed by atoms with E-state index in [1.165, 1.54) is 0 Å². The SMILES string of the molecule is O=C1NC(=O)[C@@]2(N1)c1cc(Br)ccc1O[C@H]1CCCO[C@@H]12. The van der Waals surface area contributed by atoms with Gasteiger partial charge in [-0.2, -0.15) is 0 Å². The molecule has 3 amide bonds. The minimum absolute atomic E-state index is 0.239. The van der Waals surface area contributed by atoms with Gasteiger partial charge in [-0.3, -0.25) is 10.1 Å². The van der Waals surface area contributed by atoms with Gasteiger partial charge in [0, 0.05) is 16.6 Å². The van der Waals surface area contributed by atoms with Gasteiger partial charge in [-0.1, -0.05) is 15.9 Å². The molecule has 2 N–H and O–H groups in total. The van der Waals surface area contributed by atoms with Crippen LogP contribution >= 0.6 is 15.9 Å². The normalized spacial score (nSPS) is 33.8. The van der Waals surface area contributed by atoms with Crippen LogP contribution in [0.25, 0.3) is 0 Å². The van der Waals surface area contributed by atoms with E-state index in [-0.39, 0.29) is 12.0 Å². The number of nitrogens with one attached hydrogen (secondary N) is 2. The number of carbonyl (C=O) groups excluding carboxylic acids is 2. The molecule has 0 unspecified atom stereocenters. The number of imide groups is 1. The molecule has 3 aliphatic heterocycles. The summed E-state index contributed by atoms with van der Waals surface area (Å²) in [5.41, 5.74) is -0.581. The maximum absolute atomic E-state index is 12.5. The zero-order valence-corrected chi connectivity index (χ0v) is 12.6. The molecule has 2 saturated heterocycles. The van der Waals surface area contributed by atoms with Crippen molar-refractivity contribution in [3.8, 4) is 5.75 Å². The number of fused-ring (bicyclic) bond motifs is 4. The van der Waals surface area contributed by atoms with Crippen LogP contribution in [0.3, 0.4) is 0 Å². The summed E-state index contributed by atoms with van der Waals surface area (Å²) in [4.78, 5) is 24.3. The Morgan fingerprint density at radius 1 is 1.33 bits per heavy atom. The van der Waals surface area contributed by atoms with E-state index < -0.39 is 17.7 Å². The molecule has 0 aromatic heterocycles. The van der Waals surface area contributed by atoms with Gasteiger partial charge in [0.05, 0.1) is 0 Å². The monoisotopic (exact) mass is 352 g/mol. The second-order valence-corrected chi connectivity index (χ2v) is 6.36. The highest BCUT2D eigenvalue weighted by Crippen LogP contribution is 2.45. The lowest BCUT2D eigenvalue weighted by Gasteiger charge is -2.46. The number of benzene rings is 1. The smallest absolute Gasteiger partial charge is 0.322 e. The van der Waals surface area contributed by atoms with E-state index in [0.717, 1.165) is 17.3 Å². The van der Waals surface area contributed by atoms with Gasteiger partial charge in [-0.15, -0.1) is 0 Å². The van der Waals surface area contributed by atoms with Crippen molar-refractivity contribution in [2.24, 2.45) is 0 Å². The van der Waals surface area contributed by atoms with E-state index in [2.05, 4.69) is 26.6 Å². The summed E-state index contributed by atoms with van der Waals surface area (Å²) in [5.74, 6) is 0.231. The first kappa shape index (κ1) is 13.1. The molecule has 0 bridgehead atoms. The largest absolute Gasteiger partial charge is 0.487 e. The molecule has 110 valence electrons. The molecule has 3 aliphatic rings. The average Bonchev–Trinajstić information content (AvgIpc) is 2.76. The lowest BCUT2D eigenvalue weighted by atomic mass is 9.77. The van der Waals surface area contributed by atoms with Crippen LogP contribution in [0.5, 0.6) is 5.75 Å².